The van der Waals surface area contributed by atoms with Gasteiger partial charge < -0.3 is 0 Å². The summed E-state index contributed by atoms with van der Waals surface area (Å²) in [5.41, 5.74) is 0. The molecule has 0 nitrogen and oxygen atoms in total. The lowest BCUT2D eigenvalue weighted by molar-refractivity contribution is 0.544. The molecule has 0 radical (unpaired) electrons. The molecule has 0 heterocycles. The molecular weight excluding hydrogens is 192 g/mol. The van der Waals surface area contributed by atoms with Gasteiger partial charge in [-0.1, -0.05) is 94.9 Å². The van der Waals surface area contributed by atoms with E-state index in [9.17, 15) is 0 Å². The predicted molar refractivity (Wildman–Crippen MR) is 82.2 cm³/mol. The van der Waals surface area contributed by atoms with Gasteiger partial charge in [-0.25, -0.2) is 0 Å². The van der Waals surface area contributed by atoms with E-state index in [2.05, 4.69) is 55.4 Å². The lowest BCUT2D eigenvalue weighted by Gasteiger charge is -1.98. The fourth-order valence-corrected chi connectivity index (χ4v) is 0.289. The maximum Gasteiger partial charge on any atom is -0.0448 e. The van der Waals surface area contributed by atoms with E-state index in [0.717, 1.165) is 11.8 Å². The molecule has 0 amide bonds. The van der Waals surface area contributed by atoms with Crippen molar-refractivity contribution >= 4 is 0 Å². The second-order valence-electron chi connectivity index (χ2n) is 4.43. The van der Waals surface area contributed by atoms with Gasteiger partial charge in [-0.05, 0) is 11.8 Å². The summed E-state index contributed by atoms with van der Waals surface area (Å²) in [6.45, 7) is 21.6. The Hall–Kier alpha value is 0. The van der Waals surface area contributed by atoms with Crippen LogP contribution in [0.4, 0.5) is 0 Å². The van der Waals surface area contributed by atoms with Gasteiger partial charge in [0.1, 0.15) is 0 Å². The Labute approximate surface area is 107 Å². The van der Waals surface area contributed by atoms with Crippen molar-refractivity contribution in [3.8, 4) is 0 Å². The molecule has 0 heteroatoms. The van der Waals surface area contributed by atoms with Crippen LogP contribution >= 0.6 is 0 Å². The normalized spacial score (nSPS) is 8.25. The Bertz CT molecular complexity index is 60.4. The molecular formula is C16H40. The third-order valence-corrected chi connectivity index (χ3v) is 2.21. The Morgan fingerprint density at radius 2 is 0.812 bits per heavy atom. The van der Waals surface area contributed by atoms with Crippen molar-refractivity contribution in [1.29, 1.82) is 0 Å². The van der Waals surface area contributed by atoms with E-state index in [1.807, 2.05) is 13.8 Å². The first kappa shape index (κ1) is 25.0. The fourth-order valence-electron chi connectivity index (χ4n) is 0.289. The highest BCUT2D eigenvalue weighted by atomic mass is 13.9. The fraction of sp³-hybridized carbons (Fsp3) is 1.00. The zero-order chi connectivity index (χ0) is 14.0. The number of hydrogen-bond donors (Lipinski definition) is 0. The molecule has 0 aromatic heterocycles. The second kappa shape index (κ2) is 29.4. The van der Waals surface area contributed by atoms with Crippen molar-refractivity contribution in [2.75, 3.05) is 0 Å². The summed E-state index contributed by atoms with van der Waals surface area (Å²) in [5, 5.41) is 0. The molecule has 0 spiro atoms. The molecule has 104 valence electrons. The van der Waals surface area contributed by atoms with Gasteiger partial charge in [-0.2, -0.15) is 0 Å². The van der Waals surface area contributed by atoms with Crippen LogP contribution in [0.2, 0.25) is 0 Å². The van der Waals surface area contributed by atoms with Crippen molar-refractivity contribution in [1.82, 2.24) is 0 Å². The Kier molecular flexibility index (Phi) is 45.9. The highest BCUT2D eigenvalue weighted by molar-refractivity contribution is 4.41. The van der Waals surface area contributed by atoms with Crippen LogP contribution in [0.3, 0.4) is 0 Å². The largest absolute Gasteiger partial charge is 0.0683 e. The summed E-state index contributed by atoms with van der Waals surface area (Å²) < 4.78 is 0. The van der Waals surface area contributed by atoms with Crippen molar-refractivity contribution in [3.05, 3.63) is 0 Å². The Balaban J connectivity index is -0.0000000653. The molecule has 0 aliphatic rings. The van der Waals surface area contributed by atoms with Crippen LogP contribution in [0.25, 0.3) is 0 Å². The zero-order valence-corrected chi connectivity index (χ0v) is 14.0. The molecule has 0 unspecified atom stereocenters. The van der Waals surface area contributed by atoms with E-state index < -0.39 is 0 Å². The molecule has 0 atom stereocenters. The van der Waals surface area contributed by atoms with Gasteiger partial charge in [0.25, 0.3) is 0 Å². The van der Waals surface area contributed by atoms with Crippen molar-refractivity contribution < 1.29 is 0 Å². The van der Waals surface area contributed by atoms with E-state index in [1.54, 1.807) is 0 Å². The molecule has 0 N–H and O–H groups in total. The minimum absolute atomic E-state index is 0.884. The Morgan fingerprint density at radius 1 is 0.625 bits per heavy atom. The number of rotatable bonds is 3. The number of hydrogen-bond acceptors (Lipinski definition) is 0. The lowest BCUT2D eigenvalue weighted by atomic mass is 10.1. The van der Waals surface area contributed by atoms with Crippen LogP contribution in [0, 0.1) is 11.8 Å². The van der Waals surface area contributed by atoms with Gasteiger partial charge in [0.15, 0.2) is 0 Å². The minimum Gasteiger partial charge on any atom is -0.0683 e. The average molecular weight is 232 g/mol. The van der Waals surface area contributed by atoms with E-state index in [-0.39, 0.29) is 0 Å². The smallest absolute Gasteiger partial charge is 0.0448 e. The third-order valence-electron chi connectivity index (χ3n) is 2.21. The summed E-state index contributed by atoms with van der Waals surface area (Å²) in [6.07, 6.45) is 5.22. The molecule has 0 rings (SSSR count). The summed E-state index contributed by atoms with van der Waals surface area (Å²) in [6, 6.07) is 0. The van der Waals surface area contributed by atoms with Gasteiger partial charge in [-0.15, -0.1) is 0 Å². The molecule has 0 fully saturated rings. The molecule has 0 aromatic carbocycles. The van der Waals surface area contributed by atoms with Gasteiger partial charge in [-0.3, -0.25) is 0 Å². The van der Waals surface area contributed by atoms with Gasteiger partial charge in [0, 0.05) is 0 Å². The summed E-state index contributed by atoms with van der Waals surface area (Å²) in [4.78, 5) is 0. The maximum atomic E-state index is 2.28. The molecule has 0 saturated carbocycles. The molecule has 0 aliphatic heterocycles. The third kappa shape index (κ3) is 65.7. The molecule has 0 saturated heterocycles. The summed E-state index contributed by atoms with van der Waals surface area (Å²) in [5.74, 6) is 1.82. The van der Waals surface area contributed by atoms with Crippen molar-refractivity contribution in [3.63, 3.8) is 0 Å². The average Bonchev–Trinajstić information content (AvgIpc) is 2.32. The lowest BCUT2D eigenvalue weighted by Crippen LogP contribution is -1.85. The zero-order valence-electron chi connectivity index (χ0n) is 14.0. The SMILES string of the molecule is CC.CCC.CCC(C)C.CCC(C)CC. The van der Waals surface area contributed by atoms with Gasteiger partial charge in [0.2, 0.25) is 0 Å². The van der Waals surface area contributed by atoms with E-state index in [1.165, 1.54) is 25.7 Å². The highest BCUT2D eigenvalue weighted by Gasteiger charge is 1.88. The van der Waals surface area contributed by atoms with Crippen molar-refractivity contribution in [2.24, 2.45) is 11.8 Å². The summed E-state index contributed by atoms with van der Waals surface area (Å²) in [7, 11) is 0. The van der Waals surface area contributed by atoms with Crippen LogP contribution in [0.1, 0.15) is 94.9 Å². The molecule has 0 bridgehead atoms. The molecule has 16 heavy (non-hydrogen) atoms. The van der Waals surface area contributed by atoms with E-state index in [0.29, 0.717) is 0 Å². The minimum atomic E-state index is 0.884. The van der Waals surface area contributed by atoms with Gasteiger partial charge in [0.05, 0.1) is 0 Å². The highest BCUT2D eigenvalue weighted by Crippen LogP contribution is 2.02. The van der Waals surface area contributed by atoms with Crippen LogP contribution < -0.4 is 0 Å². The second-order valence-corrected chi connectivity index (χ2v) is 4.43. The summed E-state index contributed by atoms with van der Waals surface area (Å²) >= 11 is 0. The monoisotopic (exact) mass is 232 g/mol. The van der Waals surface area contributed by atoms with Crippen molar-refractivity contribution in [2.45, 2.75) is 94.9 Å². The predicted octanol–water partition coefficient (Wildman–Crippen LogP) is 6.94. The first-order chi connectivity index (χ1) is 7.49. The first-order valence-corrected chi connectivity index (χ1v) is 7.49. The quantitative estimate of drug-likeness (QED) is 0.494. The first-order valence-electron chi connectivity index (χ1n) is 7.49. The van der Waals surface area contributed by atoms with Gasteiger partial charge >= 0.3 is 0 Å². The standard InChI is InChI=1S/C6H14.C5H12.C3H8.C2H6/c1-4-6(3)5-2;1-4-5(2)3;1-3-2;1-2/h6H,4-5H2,1-3H3;5H,4H2,1-3H3;3H2,1-2H3;1-2H3. The Morgan fingerprint density at radius 3 is 0.812 bits per heavy atom. The van der Waals surface area contributed by atoms with E-state index in [4.69, 9.17) is 0 Å². The maximum absolute atomic E-state index is 2.28. The van der Waals surface area contributed by atoms with Crippen LogP contribution in [0.15, 0.2) is 0 Å². The molecule has 0 aliphatic carbocycles. The van der Waals surface area contributed by atoms with Crippen LogP contribution in [-0.4, -0.2) is 0 Å². The topological polar surface area (TPSA) is 0 Å². The van der Waals surface area contributed by atoms with Crippen LogP contribution in [0.5, 0.6) is 0 Å². The van der Waals surface area contributed by atoms with Crippen LogP contribution in [-0.2, 0) is 0 Å². The van der Waals surface area contributed by atoms with E-state index >= 15 is 0 Å². The molecule has 0 aromatic rings.